The Balaban J connectivity index is 3.22. The number of halogens is 6. The molecule has 0 aliphatic carbocycles. The van der Waals surface area contributed by atoms with Crippen LogP contribution >= 0.6 is 0 Å². The van der Waals surface area contributed by atoms with E-state index in [9.17, 15) is 31.1 Å². The minimum Gasteiger partial charge on any atom is -0.481 e. The third-order valence-corrected chi connectivity index (χ3v) is 3.33. The third kappa shape index (κ3) is 3.74. The van der Waals surface area contributed by atoms with Crippen LogP contribution in [0.25, 0.3) is 0 Å². The molecule has 3 N–H and O–H groups in total. The molecule has 0 spiro atoms. The zero-order valence-corrected chi connectivity index (χ0v) is 12.6. The number of benzene rings is 1. The lowest BCUT2D eigenvalue weighted by atomic mass is 9.95. The third-order valence-electron chi connectivity index (χ3n) is 3.33. The van der Waals surface area contributed by atoms with Gasteiger partial charge in [-0.15, -0.1) is 0 Å². The second-order valence-corrected chi connectivity index (χ2v) is 5.25. The van der Waals surface area contributed by atoms with Crippen molar-refractivity contribution in [3.8, 4) is 0 Å². The Kier molecular flexibility index (Phi) is 5.44. The highest BCUT2D eigenvalue weighted by Crippen LogP contribution is 2.49. The number of carboxylic acids is 1. The van der Waals surface area contributed by atoms with Crippen LogP contribution in [0, 0.1) is 13.8 Å². The fraction of sp³-hybridized carbons (Fsp3) is 0.500. The van der Waals surface area contributed by atoms with Gasteiger partial charge in [0.15, 0.2) is 0 Å². The van der Waals surface area contributed by atoms with Crippen LogP contribution in [-0.2, 0) is 10.7 Å². The van der Waals surface area contributed by atoms with Gasteiger partial charge in [0.25, 0.3) is 0 Å². The van der Waals surface area contributed by atoms with Crippen LogP contribution in [0.5, 0.6) is 0 Å². The highest BCUT2D eigenvalue weighted by molar-refractivity contribution is 5.68. The Labute approximate surface area is 133 Å². The number of rotatable bonds is 6. The van der Waals surface area contributed by atoms with Crippen molar-refractivity contribution in [2.24, 2.45) is 0 Å². The van der Waals surface area contributed by atoms with Crippen molar-refractivity contribution in [2.75, 3.05) is 11.9 Å². The molecule has 0 heterocycles. The highest BCUT2D eigenvalue weighted by Gasteiger charge is 2.71. The molecule has 1 aromatic rings. The molecule has 0 aliphatic rings. The number of aryl methyl sites for hydroxylation is 2. The van der Waals surface area contributed by atoms with E-state index in [0.717, 1.165) is 0 Å². The fourth-order valence-electron chi connectivity index (χ4n) is 2.09. The molecule has 24 heavy (non-hydrogen) atoms. The Morgan fingerprint density at radius 3 is 1.92 bits per heavy atom. The lowest BCUT2D eigenvalue weighted by Gasteiger charge is -2.31. The van der Waals surface area contributed by atoms with E-state index in [0.29, 0.717) is 12.1 Å². The van der Waals surface area contributed by atoms with E-state index >= 15 is 0 Å². The molecule has 0 amide bonds. The predicted molar refractivity (Wildman–Crippen MR) is 72.7 cm³/mol. The smallest absolute Gasteiger partial charge is 0.455 e. The van der Waals surface area contributed by atoms with Crippen LogP contribution in [0.15, 0.2) is 12.1 Å². The van der Waals surface area contributed by atoms with Gasteiger partial charge < -0.3 is 15.5 Å². The number of aliphatic hydroxyl groups is 1. The van der Waals surface area contributed by atoms with Crippen LogP contribution in [0.2, 0.25) is 0 Å². The van der Waals surface area contributed by atoms with E-state index in [2.05, 4.69) is 5.32 Å². The summed E-state index contributed by atoms with van der Waals surface area (Å²) in [7, 11) is 0. The van der Waals surface area contributed by atoms with E-state index < -0.39 is 29.5 Å². The first-order chi connectivity index (χ1) is 10.7. The fourth-order valence-corrected chi connectivity index (χ4v) is 2.09. The Morgan fingerprint density at radius 2 is 1.54 bits per heavy atom. The maximum absolute atomic E-state index is 13.8. The highest BCUT2D eigenvalue weighted by atomic mass is 19.4. The van der Waals surface area contributed by atoms with Gasteiger partial charge in [0.2, 0.25) is 0 Å². The van der Waals surface area contributed by atoms with Gasteiger partial charge in [-0.05, 0) is 37.1 Å². The zero-order valence-electron chi connectivity index (χ0n) is 12.6. The summed E-state index contributed by atoms with van der Waals surface area (Å²) >= 11 is 0. The zero-order chi connectivity index (χ0) is 18.9. The summed E-state index contributed by atoms with van der Waals surface area (Å²) in [5, 5.41) is 19.9. The number of carbonyl (C=O) groups is 1. The molecule has 4 nitrogen and oxygen atoms in total. The molecule has 10 heteroatoms. The van der Waals surface area contributed by atoms with Gasteiger partial charge in [-0.25, -0.2) is 0 Å². The van der Waals surface area contributed by atoms with Crippen molar-refractivity contribution in [3.05, 3.63) is 28.8 Å². The standard InChI is InChI=1S/C14H15F6NO3/c1-7-5-9(12(15,16)13(17,24)14(18,19)20)6-8(2)11(7)21-4-3-10(22)23/h5-6,21,24H,3-4H2,1-2H3,(H,22,23). The minimum atomic E-state index is -6.18. The summed E-state index contributed by atoms with van der Waals surface area (Å²) in [5.74, 6) is -12.1. The quantitative estimate of drug-likeness (QED) is 0.680. The summed E-state index contributed by atoms with van der Waals surface area (Å²) in [4.78, 5) is 10.4. The van der Waals surface area contributed by atoms with E-state index in [1.165, 1.54) is 13.8 Å². The van der Waals surface area contributed by atoms with Crippen molar-refractivity contribution < 1.29 is 41.4 Å². The van der Waals surface area contributed by atoms with Crippen LogP contribution < -0.4 is 5.32 Å². The molecule has 136 valence electrons. The average Bonchev–Trinajstić information content (AvgIpc) is 2.39. The molecule has 0 fully saturated rings. The Hall–Kier alpha value is -1.97. The van der Waals surface area contributed by atoms with Crippen LogP contribution in [0.3, 0.4) is 0 Å². The normalized spacial score (nSPS) is 15.0. The molecule has 1 aromatic carbocycles. The van der Waals surface area contributed by atoms with E-state index in [4.69, 9.17) is 10.2 Å². The number of hydrogen-bond acceptors (Lipinski definition) is 3. The number of carboxylic acid groups (broad SMARTS) is 1. The van der Waals surface area contributed by atoms with Gasteiger partial charge in [0.1, 0.15) is 0 Å². The van der Waals surface area contributed by atoms with E-state index in [1.54, 1.807) is 0 Å². The maximum Gasteiger partial charge on any atom is 0.455 e. The van der Waals surface area contributed by atoms with Crippen LogP contribution in [0.1, 0.15) is 23.1 Å². The van der Waals surface area contributed by atoms with Gasteiger partial charge in [0, 0.05) is 17.8 Å². The topological polar surface area (TPSA) is 69.6 Å². The van der Waals surface area contributed by atoms with Crippen molar-refractivity contribution in [3.63, 3.8) is 0 Å². The Morgan fingerprint density at radius 1 is 1.08 bits per heavy atom. The van der Waals surface area contributed by atoms with Gasteiger partial charge in [-0.2, -0.15) is 26.3 Å². The second kappa shape index (κ2) is 6.50. The largest absolute Gasteiger partial charge is 0.481 e. The predicted octanol–water partition coefficient (Wildman–Crippen LogP) is 3.50. The van der Waals surface area contributed by atoms with Gasteiger partial charge >= 0.3 is 23.9 Å². The monoisotopic (exact) mass is 359 g/mol. The van der Waals surface area contributed by atoms with Gasteiger partial charge in [0.05, 0.1) is 6.42 Å². The first-order valence-electron chi connectivity index (χ1n) is 6.65. The first-order valence-corrected chi connectivity index (χ1v) is 6.65. The average molecular weight is 359 g/mol. The van der Waals surface area contributed by atoms with Crippen molar-refractivity contribution in [1.29, 1.82) is 0 Å². The molecule has 0 saturated heterocycles. The second-order valence-electron chi connectivity index (χ2n) is 5.25. The number of aliphatic carboxylic acids is 1. The number of hydrogen-bond donors (Lipinski definition) is 3. The van der Waals surface area contributed by atoms with Crippen molar-refractivity contribution in [2.45, 2.75) is 38.2 Å². The molecule has 0 saturated carbocycles. The maximum atomic E-state index is 13.8. The molecular weight excluding hydrogens is 344 g/mol. The van der Waals surface area contributed by atoms with Gasteiger partial charge in [-0.1, -0.05) is 0 Å². The first kappa shape index (κ1) is 20.1. The molecule has 1 atom stereocenters. The molecule has 0 radical (unpaired) electrons. The molecule has 0 aliphatic heterocycles. The van der Waals surface area contributed by atoms with Crippen molar-refractivity contribution >= 4 is 11.7 Å². The molecular formula is C14H15F6NO3. The summed E-state index contributed by atoms with van der Waals surface area (Å²) in [6, 6.07) is 1.21. The molecule has 1 rings (SSSR count). The van der Waals surface area contributed by atoms with Crippen LogP contribution in [-0.4, -0.2) is 34.8 Å². The minimum absolute atomic E-state index is 0.0393. The van der Waals surface area contributed by atoms with Crippen LogP contribution in [0.4, 0.5) is 32.0 Å². The van der Waals surface area contributed by atoms with E-state index in [-0.39, 0.29) is 29.8 Å². The summed E-state index contributed by atoms with van der Waals surface area (Å²) < 4.78 is 78.1. The summed E-state index contributed by atoms with van der Waals surface area (Å²) in [6.07, 6.45) is -6.45. The SMILES string of the molecule is Cc1cc(C(F)(F)C(O)(F)C(F)(F)F)cc(C)c1NCCC(=O)O. The summed E-state index contributed by atoms with van der Waals surface area (Å²) in [6.45, 7) is 2.52. The lowest BCUT2D eigenvalue weighted by molar-refractivity contribution is -0.390. The van der Waals surface area contributed by atoms with Gasteiger partial charge in [-0.3, -0.25) is 4.79 Å². The number of alkyl halides is 6. The number of anilines is 1. The molecule has 0 aromatic heterocycles. The molecule has 1 unspecified atom stereocenters. The Bertz CT molecular complexity index is 604. The van der Waals surface area contributed by atoms with Crippen molar-refractivity contribution in [1.82, 2.24) is 0 Å². The van der Waals surface area contributed by atoms with E-state index in [1.807, 2.05) is 0 Å². The summed E-state index contributed by atoms with van der Waals surface area (Å²) in [5.41, 5.74) is -1.00. The number of nitrogens with one attached hydrogen (secondary N) is 1. The molecule has 0 bridgehead atoms. The lowest BCUT2D eigenvalue weighted by Crippen LogP contribution is -2.53.